The fourth-order valence-corrected chi connectivity index (χ4v) is 3.90. The number of carbonyl (C=O) groups is 1. The van der Waals surface area contributed by atoms with E-state index in [0.717, 1.165) is 40.3 Å². The summed E-state index contributed by atoms with van der Waals surface area (Å²) in [5.74, 6) is -0.354. The van der Waals surface area contributed by atoms with Crippen LogP contribution < -0.4 is 5.32 Å². The number of aryl methyl sites for hydroxylation is 1. The van der Waals surface area contributed by atoms with Crippen molar-refractivity contribution in [3.8, 4) is 28.2 Å². The van der Waals surface area contributed by atoms with Gasteiger partial charge in [0.2, 0.25) is 0 Å². The van der Waals surface area contributed by atoms with Crippen LogP contribution in [0.3, 0.4) is 0 Å². The Labute approximate surface area is 194 Å². The Morgan fingerprint density at radius 1 is 0.879 bits per heavy atom. The quantitative estimate of drug-likeness (QED) is 0.408. The number of likely N-dealkylation sites (N-methyl/N-ethyl adjacent to an activating group) is 1. The molecule has 1 heterocycles. The van der Waals surface area contributed by atoms with Gasteiger partial charge in [0.1, 0.15) is 5.82 Å². The maximum absolute atomic E-state index is 13.6. The Hall–Kier alpha value is -3.70. The Kier molecular flexibility index (Phi) is 6.71. The second kappa shape index (κ2) is 9.84. The number of nitrogens with zero attached hydrogens (tertiary/aromatic N) is 2. The van der Waals surface area contributed by atoms with Crippen molar-refractivity contribution in [1.82, 2.24) is 14.8 Å². The SMILES string of the molecule is Cc1ccccc1-n1c(-c2ccc(F)cc2)ccc1-c1cccc(C(=O)NCCN(C)C)c1. The molecule has 1 aromatic heterocycles. The molecule has 0 atom stereocenters. The van der Waals surface area contributed by atoms with E-state index in [2.05, 4.69) is 28.9 Å². The number of hydrogen-bond donors (Lipinski definition) is 1. The van der Waals surface area contributed by atoms with Crippen LogP contribution >= 0.6 is 0 Å². The summed E-state index contributed by atoms with van der Waals surface area (Å²) in [4.78, 5) is 14.7. The average Bonchev–Trinajstić information content (AvgIpc) is 3.24. The molecule has 0 saturated heterocycles. The third kappa shape index (κ3) is 5.04. The Bertz CT molecular complexity index is 1260. The van der Waals surface area contributed by atoms with Crippen LogP contribution in [0.1, 0.15) is 15.9 Å². The zero-order valence-corrected chi connectivity index (χ0v) is 19.2. The summed E-state index contributed by atoms with van der Waals surface area (Å²) < 4.78 is 15.7. The monoisotopic (exact) mass is 441 g/mol. The lowest BCUT2D eigenvalue weighted by Crippen LogP contribution is -2.31. The van der Waals surface area contributed by atoms with Gasteiger partial charge in [-0.05, 0) is 92.3 Å². The van der Waals surface area contributed by atoms with E-state index in [0.29, 0.717) is 12.1 Å². The molecule has 3 aromatic carbocycles. The molecule has 0 aliphatic carbocycles. The highest BCUT2D eigenvalue weighted by Gasteiger charge is 2.16. The summed E-state index contributed by atoms with van der Waals surface area (Å²) in [5.41, 5.74) is 6.56. The van der Waals surface area contributed by atoms with Crippen molar-refractivity contribution in [2.45, 2.75) is 6.92 Å². The van der Waals surface area contributed by atoms with Crippen molar-refractivity contribution in [2.75, 3.05) is 27.2 Å². The predicted octanol–water partition coefficient (Wildman–Crippen LogP) is 5.55. The molecular weight excluding hydrogens is 413 g/mol. The standard InChI is InChI=1S/C28H28FN3O/c1-20-7-4-5-10-25(20)32-26(21-11-13-24(29)14-12-21)15-16-27(32)22-8-6-9-23(19-22)28(33)30-17-18-31(2)3/h4-16,19H,17-18H2,1-3H3,(H,30,33). The van der Waals surface area contributed by atoms with Gasteiger partial charge in [-0.1, -0.05) is 30.3 Å². The molecule has 1 amide bonds. The molecule has 1 N–H and O–H groups in total. The Morgan fingerprint density at radius 3 is 2.27 bits per heavy atom. The molecule has 0 aliphatic rings. The summed E-state index contributed by atoms with van der Waals surface area (Å²) in [6.07, 6.45) is 0. The average molecular weight is 442 g/mol. The van der Waals surface area contributed by atoms with Gasteiger partial charge in [0.15, 0.2) is 0 Å². The van der Waals surface area contributed by atoms with Crippen molar-refractivity contribution < 1.29 is 9.18 Å². The van der Waals surface area contributed by atoms with E-state index < -0.39 is 0 Å². The first-order chi connectivity index (χ1) is 15.9. The first kappa shape index (κ1) is 22.5. The summed E-state index contributed by atoms with van der Waals surface area (Å²) in [6, 6.07) is 26.5. The summed E-state index contributed by atoms with van der Waals surface area (Å²) in [6.45, 7) is 3.44. The number of aromatic nitrogens is 1. The number of halogens is 1. The van der Waals surface area contributed by atoms with E-state index >= 15 is 0 Å². The zero-order valence-electron chi connectivity index (χ0n) is 19.2. The van der Waals surface area contributed by atoms with Crippen LogP contribution in [0.25, 0.3) is 28.2 Å². The molecule has 0 radical (unpaired) electrons. The smallest absolute Gasteiger partial charge is 0.251 e. The predicted molar refractivity (Wildman–Crippen MR) is 132 cm³/mol. The second-order valence-corrected chi connectivity index (χ2v) is 8.37. The summed E-state index contributed by atoms with van der Waals surface area (Å²) in [7, 11) is 3.95. The third-order valence-electron chi connectivity index (χ3n) is 5.64. The van der Waals surface area contributed by atoms with Gasteiger partial charge in [-0.15, -0.1) is 0 Å². The molecule has 4 rings (SSSR count). The lowest BCUT2D eigenvalue weighted by molar-refractivity contribution is 0.0951. The van der Waals surface area contributed by atoms with Crippen LogP contribution in [0, 0.1) is 12.7 Å². The molecular formula is C28H28FN3O. The van der Waals surface area contributed by atoms with Crippen molar-refractivity contribution in [1.29, 1.82) is 0 Å². The minimum absolute atomic E-state index is 0.0912. The van der Waals surface area contributed by atoms with E-state index in [1.807, 2.05) is 67.5 Å². The minimum atomic E-state index is -0.263. The highest BCUT2D eigenvalue weighted by atomic mass is 19.1. The van der Waals surface area contributed by atoms with Crippen LogP contribution in [-0.4, -0.2) is 42.6 Å². The van der Waals surface area contributed by atoms with Crippen molar-refractivity contribution in [3.05, 3.63) is 102 Å². The van der Waals surface area contributed by atoms with E-state index in [4.69, 9.17) is 0 Å². The maximum atomic E-state index is 13.6. The van der Waals surface area contributed by atoms with Gasteiger partial charge in [0, 0.05) is 24.3 Å². The summed E-state index contributed by atoms with van der Waals surface area (Å²) in [5, 5.41) is 2.98. The van der Waals surface area contributed by atoms with Gasteiger partial charge in [-0.2, -0.15) is 0 Å². The maximum Gasteiger partial charge on any atom is 0.251 e. The fraction of sp³-hybridized carbons (Fsp3) is 0.179. The van der Waals surface area contributed by atoms with E-state index in [-0.39, 0.29) is 11.7 Å². The first-order valence-corrected chi connectivity index (χ1v) is 11.0. The molecule has 0 aliphatic heterocycles. The van der Waals surface area contributed by atoms with Gasteiger partial charge in [0.25, 0.3) is 5.91 Å². The molecule has 4 aromatic rings. The minimum Gasteiger partial charge on any atom is -0.351 e. The van der Waals surface area contributed by atoms with Gasteiger partial charge in [-0.25, -0.2) is 4.39 Å². The number of carbonyl (C=O) groups excluding carboxylic acids is 1. The lowest BCUT2D eigenvalue weighted by atomic mass is 10.1. The van der Waals surface area contributed by atoms with Crippen molar-refractivity contribution in [3.63, 3.8) is 0 Å². The van der Waals surface area contributed by atoms with E-state index in [1.165, 1.54) is 12.1 Å². The lowest BCUT2D eigenvalue weighted by Gasteiger charge is -2.17. The third-order valence-corrected chi connectivity index (χ3v) is 5.64. The zero-order chi connectivity index (χ0) is 23.4. The van der Waals surface area contributed by atoms with Crippen LogP contribution in [0.5, 0.6) is 0 Å². The number of para-hydroxylation sites is 1. The molecule has 0 saturated carbocycles. The number of rotatable bonds is 7. The molecule has 0 spiro atoms. The highest BCUT2D eigenvalue weighted by molar-refractivity contribution is 5.95. The second-order valence-electron chi connectivity index (χ2n) is 8.37. The molecule has 33 heavy (non-hydrogen) atoms. The van der Waals surface area contributed by atoms with Gasteiger partial charge in [0.05, 0.1) is 11.4 Å². The van der Waals surface area contributed by atoms with Gasteiger partial charge < -0.3 is 14.8 Å². The van der Waals surface area contributed by atoms with Crippen LogP contribution in [0.4, 0.5) is 4.39 Å². The van der Waals surface area contributed by atoms with Crippen LogP contribution in [0.15, 0.2) is 84.9 Å². The van der Waals surface area contributed by atoms with Crippen molar-refractivity contribution in [2.24, 2.45) is 0 Å². The van der Waals surface area contributed by atoms with Crippen molar-refractivity contribution >= 4 is 5.91 Å². The molecule has 0 fully saturated rings. The van der Waals surface area contributed by atoms with Crippen LogP contribution in [0.2, 0.25) is 0 Å². The number of benzene rings is 3. The van der Waals surface area contributed by atoms with Crippen LogP contribution in [-0.2, 0) is 0 Å². The Morgan fingerprint density at radius 2 is 1.58 bits per heavy atom. The summed E-state index contributed by atoms with van der Waals surface area (Å²) >= 11 is 0. The highest BCUT2D eigenvalue weighted by Crippen LogP contribution is 2.34. The molecule has 168 valence electrons. The molecule has 4 nitrogen and oxygen atoms in total. The number of hydrogen-bond acceptors (Lipinski definition) is 2. The molecule has 5 heteroatoms. The fourth-order valence-electron chi connectivity index (χ4n) is 3.90. The van der Waals surface area contributed by atoms with E-state index in [9.17, 15) is 9.18 Å². The van der Waals surface area contributed by atoms with Gasteiger partial charge >= 0.3 is 0 Å². The largest absolute Gasteiger partial charge is 0.351 e. The Balaban J connectivity index is 1.78. The number of nitrogens with one attached hydrogen (secondary N) is 1. The normalized spacial score (nSPS) is 11.1. The first-order valence-electron chi connectivity index (χ1n) is 11.0. The van der Waals surface area contributed by atoms with E-state index in [1.54, 1.807) is 12.1 Å². The molecule has 0 unspecified atom stereocenters. The molecule has 0 bridgehead atoms. The van der Waals surface area contributed by atoms with Gasteiger partial charge in [-0.3, -0.25) is 4.79 Å². The number of amides is 1. The topological polar surface area (TPSA) is 37.3 Å².